The van der Waals surface area contributed by atoms with E-state index in [0.29, 0.717) is 34.7 Å². The molecular weight excluding hydrogens is 408 g/mol. The summed E-state index contributed by atoms with van der Waals surface area (Å²) >= 11 is 0. The van der Waals surface area contributed by atoms with Crippen molar-refractivity contribution in [3.63, 3.8) is 0 Å². The van der Waals surface area contributed by atoms with Crippen LogP contribution >= 0.6 is 0 Å². The Morgan fingerprint density at radius 1 is 1.12 bits per heavy atom. The lowest BCUT2D eigenvalue weighted by atomic mass is 10.1. The molecule has 2 heterocycles. The van der Waals surface area contributed by atoms with E-state index < -0.39 is 0 Å². The lowest BCUT2D eigenvalue weighted by Crippen LogP contribution is -2.39. The van der Waals surface area contributed by atoms with Crippen molar-refractivity contribution >= 4 is 28.2 Å². The van der Waals surface area contributed by atoms with E-state index in [1.54, 1.807) is 47.5 Å². The molecule has 0 bridgehead atoms. The monoisotopic (exact) mass is 434 g/mol. The number of ether oxygens (including phenoxy) is 2. The summed E-state index contributed by atoms with van der Waals surface area (Å²) in [5, 5.41) is 1.28. The molecule has 7 heteroatoms. The van der Waals surface area contributed by atoms with Gasteiger partial charge in [-0.2, -0.15) is 0 Å². The number of Topliss-reactive ketones (excluding diaryl/α,β-unsaturated/α-hetero) is 1. The van der Waals surface area contributed by atoms with Crippen LogP contribution in [-0.4, -0.2) is 35.5 Å². The topological polar surface area (TPSA) is 77.8 Å². The minimum absolute atomic E-state index is 0.00327. The van der Waals surface area contributed by atoms with Gasteiger partial charge < -0.3 is 18.9 Å². The van der Waals surface area contributed by atoms with Crippen LogP contribution in [0.15, 0.2) is 53.5 Å². The first-order valence-electron chi connectivity index (χ1n) is 10.8. The lowest BCUT2D eigenvalue weighted by molar-refractivity contribution is -0.121. The Balaban J connectivity index is 1.61. The first-order valence-corrected chi connectivity index (χ1v) is 10.8. The Kier molecular flexibility index (Phi) is 5.99. The first-order chi connectivity index (χ1) is 15.4. The highest BCUT2D eigenvalue weighted by Crippen LogP contribution is 2.33. The van der Waals surface area contributed by atoms with Gasteiger partial charge in [0.2, 0.25) is 0 Å². The summed E-state index contributed by atoms with van der Waals surface area (Å²) in [5.41, 5.74) is 0.782. The molecule has 7 nitrogen and oxygen atoms in total. The Hall–Kier alpha value is -3.61. The van der Waals surface area contributed by atoms with Gasteiger partial charge in [-0.3, -0.25) is 14.4 Å². The van der Waals surface area contributed by atoms with E-state index in [0.717, 1.165) is 11.8 Å². The highest BCUT2D eigenvalue weighted by atomic mass is 16.5. The van der Waals surface area contributed by atoms with Crippen LogP contribution in [0.25, 0.3) is 10.8 Å². The summed E-state index contributed by atoms with van der Waals surface area (Å²) in [5.74, 6) is 0.930. The number of nitrogens with zero attached hydrogens (tertiary/aromatic N) is 2. The summed E-state index contributed by atoms with van der Waals surface area (Å²) in [6, 6.07) is 12.2. The molecule has 0 spiro atoms. The largest absolute Gasteiger partial charge is 0.491 e. The minimum Gasteiger partial charge on any atom is -0.491 e. The van der Waals surface area contributed by atoms with Crippen molar-refractivity contribution in [1.82, 2.24) is 4.57 Å². The van der Waals surface area contributed by atoms with Crippen molar-refractivity contribution < 1.29 is 19.1 Å². The molecule has 0 fully saturated rings. The van der Waals surface area contributed by atoms with Crippen molar-refractivity contribution in [1.29, 1.82) is 0 Å². The van der Waals surface area contributed by atoms with Crippen molar-refractivity contribution in [2.45, 2.75) is 39.8 Å². The van der Waals surface area contributed by atoms with Crippen LogP contribution in [0.2, 0.25) is 0 Å². The standard InChI is InChI=1S/C25H26N2O5/c1-4-10-27-21-13-18(5-8-23(21)31-15-24(27)29)22(28)14-26-11-9-17-12-19(32-16(2)3)6-7-20(17)25(26)30/h5-9,11-13,16H,4,10,14-15H2,1-3H3. The van der Waals surface area contributed by atoms with Crippen LogP contribution in [0.5, 0.6) is 11.5 Å². The van der Waals surface area contributed by atoms with Gasteiger partial charge >= 0.3 is 0 Å². The van der Waals surface area contributed by atoms with E-state index in [1.165, 1.54) is 4.57 Å². The number of carbonyl (C=O) groups excluding carboxylic acids is 2. The third-order valence-electron chi connectivity index (χ3n) is 5.31. The molecule has 0 saturated carbocycles. The van der Waals surface area contributed by atoms with E-state index in [4.69, 9.17) is 9.47 Å². The highest BCUT2D eigenvalue weighted by Gasteiger charge is 2.26. The number of ketones is 1. The number of benzene rings is 2. The Morgan fingerprint density at radius 3 is 2.69 bits per heavy atom. The molecule has 0 saturated heterocycles. The second-order valence-corrected chi connectivity index (χ2v) is 8.10. The average molecular weight is 434 g/mol. The van der Waals surface area contributed by atoms with Crippen LogP contribution < -0.4 is 19.9 Å². The molecule has 0 atom stereocenters. The van der Waals surface area contributed by atoms with Crippen LogP contribution in [0, 0.1) is 0 Å². The SMILES string of the molecule is CCCN1C(=O)COc2ccc(C(=O)Cn3ccc4cc(OC(C)C)ccc4c3=O)cc21. The second-order valence-electron chi connectivity index (χ2n) is 8.10. The molecule has 3 aromatic rings. The maximum absolute atomic E-state index is 13.0. The maximum atomic E-state index is 13.0. The van der Waals surface area contributed by atoms with Gasteiger partial charge in [0, 0.05) is 23.7 Å². The van der Waals surface area contributed by atoms with Gasteiger partial charge in [0.05, 0.1) is 18.3 Å². The summed E-state index contributed by atoms with van der Waals surface area (Å²) in [7, 11) is 0. The quantitative estimate of drug-likeness (QED) is 0.529. The third-order valence-corrected chi connectivity index (χ3v) is 5.31. The molecule has 0 N–H and O–H groups in total. The highest BCUT2D eigenvalue weighted by molar-refractivity contribution is 6.02. The van der Waals surface area contributed by atoms with Crippen LogP contribution in [0.3, 0.4) is 0 Å². The fourth-order valence-electron chi connectivity index (χ4n) is 3.83. The Morgan fingerprint density at radius 2 is 1.94 bits per heavy atom. The molecule has 166 valence electrons. The fraction of sp³-hybridized carbons (Fsp3) is 0.320. The number of amides is 1. The third kappa shape index (κ3) is 4.23. The molecule has 0 radical (unpaired) electrons. The number of pyridine rings is 1. The molecular formula is C25H26N2O5. The molecule has 0 aliphatic carbocycles. The van der Waals surface area contributed by atoms with Gasteiger partial charge in [0.25, 0.3) is 11.5 Å². The number of hydrogen-bond donors (Lipinski definition) is 0. The molecule has 32 heavy (non-hydrogen) atoms. The predicted molar refractivity (Wildman–Crippen MR) is 123 cm³/mol. The maximum Gasteiger partial charge on any atom is 0.265 e. The second kappa shape index (κ2) is 8.86. The van der Waals surface area contributed by atoms with Crippen molar-refractivity contribution in [3.8, 4) is 11.5 Å². The number of carbonyl (C=O) groups is 2. The molecule has 0 unspecified atom stereocenters. The van der Waals surface area contributed by atoms with Gasteiger partial charge in [-0.25, -0.2) is 0 Å². The van der Waals surface area contributed by atoms with Crippen molar-refractivity contribution in [3.05, 3.63) is 64.6 Å². The summed E-state index contributed by atoms with van der Waals surface area (Å²) in [6.45, 7) is 6.33. The van der Waals surface area contributed by atoms with Gasteiger partial charge in [0.15, 0.2) is 12.4 Å². The fourth-order valence-corrected chi connectivity index (χ4v) is 3.83. The van der Waals surface area contributed by atoms with E-state index in [1.807, 2.05) is 26.8 Å². The molecule has 2 aromatic carbocycles. The van der Waals surface area contributed by atoms with E-state index in [9.17, 15) is 14.4 Å². The molecule has 1 aliphatic rings. The van der Waals surface area contributed by atoms with Crippen LogP contribution in [0.1, 0.15) is 37.6 Å². The summed E-state index contributed by atoms with van der Waals surface area (Å²) < 4.78 is 12.6. The molecule has 1 amide bonds. The number of rotatable bonds is 7. The summed E-state index contributed by atoms with van der Waals surface area (Å²) in [4.78, 5) is 39.8. The zero-order chi connectivity index (χ0) is 22.8. The zero-order valence-corrected chi connectivity index (χ0v) is 18.5. The average Bonchev–Trinajstić information content (AvgIpc) is 2.77. The van der Waals surface area contributed by atoms with Crippen LogP contribution in [-0.2, 0) is 11.3 Å². The number of aromatic nitrogens is 1. The van der Waals surface area contributed by atoms with Crippen molar-refractivity contribution in [2.24, 2.45) is 0 Å². The number of fused-ring (bicyclic) bond motifs is 2. The lowest BCUT2D eigenvalue weighted by Gasteiger charge is -2.29. The normalized spacial score (nSPS) is 13.2. The van der Waals surface area contributed by atoms with Gasteiger partial charge in [-0.15, -0.1) is 0 Å². The van der Waals surface area contributed by atoms with Gasteiger partial charge in [-0.1, -0.05) is 6.92 Å². The number of hydrogen-bond acceptors (Lipinski definition) is 5. The van der Waals surface area contributed by atoms with Gasteiger partial charge in [0.1, 0.15) is 11.5 Å². The Labute approximate surface area is 186 Å². The smallest absolute Gasteiger partial charge is 0.265 e. The van der Waals surface area contributed by atoms with E-state index in [-0.39, 0.29) is 36.5 Å². The zero-order valence-electron chi connectivity index (χ0n) is 18.5. The van der Waals surface area contributed by atoms with Crippen LogP contribution in [0.4, 0.5) is 5.69 Å². The van der Waals surface area contributed by atoms with Gasteiger partial charge in [-0.05, 0) is 68.1 Å². The van der Waals surface area contributed by atoms with E-state index in [2.05, 4.69) is 0 Å². The molecule has 4 rings (SSSR count). The molecule has 1 aliphatic heterocycles. The van der Waals surface area contributed by atoms with E-state index >= 15 is 0 Å². The Bertz CT molecular complexity index is 1240. The summed E-state index contributed by atoms with van der Waals surface area (Å²) in [6.07, 6.45) is 2.45. The molecule has 1 aromatic heterocycles. The number of anilines is 1. The minimum atomic E-state index is -0.240. The predicted octanol–water partition coefficient (Wildman–Crippen LogP) is 3.81. The van der Waals surface area contributed by atoms with Crippen molar-refractivity contribution in [2.75, 3.05) is 18.1 Å². The first kappa shape index (κ1) is 21.6.